The number of aromatic nitrogens is 3. The van der Waals surface area contributed by atoms with Crippen LogP contribution in [0.3, 0.4) is 0 Å². The molecule has 1 unspecified atom stereocenters. The molecule has 1 aliphatic carbocycles. The highest BCUT2D eigenvalue weighted by molar-refractivity contribution is 5.87. The minimum atomic E-state index is -1.01. The molecule has 0 saturated heterocycles. The summed E-state index contributed by atoms with van der Waals surface area (Å²) < 4.78 is 7.10. The van der Waals surface area contributed by atoms with Crippen LogP contribution in [0.1, 0.15) is 22.9 Å². The first-order valence-corrected chi connectivity index (χ1v) is 10.1. The van der Waals surface area contributed by atoms with Crippen LogP contribution in [0.4, 0.5) is 10.7 Å². The third-order valence-electron chi connectivity index (χ3n) is 5.82. The molecular formula is C22H21N5O4. The van der Waals surface area contributed by atoms with Gasteiger partial charge in [0.05, 0.1) is 19.0 Å². The maximum Gasteiger partial charge on any atom is 0.416 e. The van der Waals surface area contributed by atoms with Crippen molar-refractivity contribution >= 4 is 18.0 Å². The largest absolute Gasteiger partial charge is 0.481 e. The summed E-state index contributed by atoms with van der Waals surface area (Å²) in [5.74, 6) is -1.30. The molecule has 0 radical (unpaired) electrons. The molecule has 1 amide bonds. The Morgan fingerprint density at radius 3 is 2.32 bits per heavy atom. The minimum absolute atomic E-state index is 0.0330. The van der Waals surface area contributed by atoms with Crippen LogP contribution in [0.2, 0.25) is 0 Å². The third kappa shape index (κ3) is 3.23. The van der Waals surface area contributed by atoms with Crippen molar-refractivity contribution in [3.05, 3.63) is 65.5 Å². The number of anilines is 1. The molecular weight excluding hydrogens is 398 g/mol. The second-order valence-corrected chi connectivity index (χ2v) is 7.66. The Morgan fingerprint density at radius 1 is 1.06 bits per heavy atom. The van der Waals surface area contributed by atoms with Crippen LogP contribution >= 0.6 is 0 Å². The van der Waals surface area contributed by atoms with Crippen LogP contribution in [0.25, 0.3) is 11.1 Å². The molecule has 9 heteroatoms. The van der Waals surface area contributed by atoms with Gasteiger partial charge in [-0.25, -0.2) is 14.4 Å². The van der Waals surface area contributed by atoms with Gasteiger partial charge in [-0.2, -0.15) is 10.1 Å². The number of carboxylic acid groups (broad SMARTS) is 1. The summed E-state index contributed by atoms with van der Waals surface area (Å²) in [4.78, 5) is 30.1. The topological polar surface area (TPSA) is 124 Å². The zero-order valence-corrected chi connectivity index (χ0v) is 16.6. The molecule has 2 aromatic carbocycles. The van der Waals surface area contributed by atoms with Crippen LogP contribution < -0.4 is 10.6 Å². The van der Waals surface area contributed by atoms with E-state index in [2.05, 4.69) is 22.2 Å². The number of hydrogen-bond acceptors (Lipinski definition) is 6. The van der Waals surface area contributed by atoms with Crippen LogP contribution in [0.5, 0.6) is 0 Å². The summed E-state index contributed by atoms with van der Waals surface area (Å²) in [6, 6.07) is 16.1. The third-order valence-corrected chi connectivity index (χ3v) is 5.82. The molecule has 3 aromatic rings. The van der Waals surface area contributed by atoms with Crippen LogP contribution in [0.15, 0.2) is 48.5 Å². The number of aliphatic carboxylic acids is 1. The number of amides is 1. The van der Waals surface area contributed by atoms with Gasteiger partial charge in [0.1, 0.15) is 6.61 Å². The Kier molecular flexibility index (Phi) is 4.67. The first-order chi connectivity index (χ1) is 15.1. The molecule has 2 aliphatic rings. The highest BCUT2D eigenvalue weighted by Crippen LogP contribution is 2.44. The van der Waals surface area contributed by atoms with E-state index in [1.54, 1.807) is 0 Å². The lowest BCUT2D eigenvalue weighted by Crippen LogP contribution is -2.45. The molecule has 0 fully saturated rings. The van der Waals surface area contributed by atoms with Crippen LogP contribution in [0, 0.1) is 5.92 Å². The summed E-state index contributed by atoms with van der Waals surface area (Å²) >= 11 is 0. The molecule has 158 valence electrons. The lowest BCUT2D eigenvalue weighted by Gasteiger charge is -2.29. The molecule has 5 rings (SSSR count). The molecule has 1 atom stereocenters. The summed E-state index contributed by atoms with van der Waals surface area (Å²) in [7, 11) is 0. The van der Waals surface area contributed by atoms with E-state index in [4.69, 9.17) is 10.5 Å². The van der Waals surface area contributed by atoms with Crippen molar-refractivity contribution in [2.75, 3.05) is 18.1 Å². The molecule has 1 aromatic heterocycles. The summed E-state index contributed by atoms with van der Waals surface area (Å²) in [5.41, 5.74) is 10.1. The van der Waals surface area contributed by atoms with E-state index < -0.39 is 18.0 Å². The number of nitrogens with two attached hydrogens (primary N) is 1. The number of hydrogen-bond donors (Lipinski definition) is 2. The first-order valence-electron chi connectivity index (χ1n) is 10.1. The van der Waals surface area contributed by atoms with E-state index in [9.17, 15) is 14.7 Å². The van der Waals surface area contributed by atoms with Crippen molar-refractivity contribution in [3.63, 3.8) is 0 Å². The molecule has 1 aliphatic heterocycles. The number of carboxylic acids is 1. The maximum absolute atomic E-state index is 13.0. The quantitative estimate of drug-likeness (QED) is 0.664. The van der Waals surface area contributed by atoms with Gasteiger partial charge >= 0.3 is 12.1 Å². The van der Waals surface area contributed by atoms with E-state index in [0.717, 1.165) is 22.3 Å². The Hall–Kier alpha value is -3.72. The van der Waals surface area contributed by atoms with Crippen LogP contribution in [-0.4, -0.2) is 45.1 Å². The van der Waals surface area contributed by atoms with Crippen molar-refractivity contribution in [2.45, 2.75) is 19.0 Å². The van der Waals surface area contributed by atoms with Crippen molar-refractivity contribution in [1.29, 1.82) is 0 Å². The Bertz CT molecular complexity index is 1130. The van der Waals surface area contributed by atoms with E-state index in [1.807, 2.05) is 36.4 Å². The number of carbonyl (C=O) groups is 2. The number of carbonyl (C=O) groups excluding carboxylic acids is 1. The molecule has 3 N–H and O–H groups in total. The van der Waals surface area contributed by atoms with Gasteiger partial charge in [-0.05, 0) is 22.3 Å². The second kappa shape index (κ2) is 7.51. The molecule has 2 heterocycles. The monoisotopic (exact) mass is 419 g/mol. The molecule has 31 heavy (non-hydrogen) atoms. The SMILES string of the molecule is NCc1nc2n(n1)CC(C(=O)O)CN2C(=O)OCC1c2ccccc2-c2ccccc21. The summed E-state index contributed by atoms with van der Waals surface area (Å²) in [6.07, 6.45) is -0.648. The lowest BCUT2D eigenvalue weighted by atomic mass is 9.98. The van der Waals surface area contributed by atoms with Gasteiger partial charge in [0, 0.05) is 12.5 Å². The van der Waals surface area contributed by atoms with E-state index in [0.29, 0.717) is 5.82 Å². The van der Waals surface area contributed by atoms with Gasteiger partial charge < -0.3 is 15.6 Å². The molecule has 0 bridgehead atoms. The fraction of sp³-hybridized carbons (Fsp3) is 0.273. The van der Waals surface area contributed by atoms with Crippen molar-refractivity contribution < 1.29 is 19.4 Å². The van der Waals surface area contributed by atoms with Gasteiger partial charge in [0.25, 0.3) is 0 Å². The predicted octanol–water partition coefficient (Wildman–Crippen LogP) is 2.21. The molecule has 0 spiro atoms. The Labute approximate surface area is 178 Å². The van der Waals surface area contributed by atoms with E-state index >= 15 is 0 Å². The lowest BCUT2D eigenvalue weighted by molar-refractivity contribution is -0.142. The van der Waals surface area contributed by atoms with Gasteiger partial charge in [0.2, 0.25) is 5.95 Å². The van der Waals surface area contributed by atoms with Gasteiger partial charge in [-0.1, -0.05) is 48.5 Å². The number of nitrogens with zero attached hydrogens (tertiary/aromatic N) is 4. The predicted molar refractivity (Wildman–Crippen MR) is 111 cm³/mol. The average molecular weight is 419 g/mol. The summed E-state index contributed by atoms with van der Waals surface area (Å²) in [5, 5.41) is 13.7. The normalized spacial score (nSPS) is 17.1. The van der Waals surface area contributed by atoms with E-state index in [-0.39, 0.29) is 38.1 Å². The second-order valence-electron chi connectivity index (χ2n) is 7.66. The van der Waals surface area contributed by atoms with Crippen molar-refractivity contribution in [3.8, 4) is 11.1 Å². The number of rotatable bonds is 4. The zero-order chi connectivity index (χ0) is 21.5. The molecule has 9 nitrogen and oxygen atoms in total. The smallest absolute Gasteiger partial charge is 0.416 e. The fourth-order valence-electron chi connectivity index (χ4n) is 4.34. The van der Waals surface area contributed by atoms with Crippen LogP contribution in [-0.2, 0) is 22.6 Å². The number of ether oxygens (including phenoxy) is 1. The van der Waals surface area contributed by atoms with Crippen molar-refractivity contribution in [2.24, 2.45) is 11.7 Å². The first kappa shape index (κ1) is 19.3. The number of benzene rings is 2. The number of fused-ring (bicyclic) bond motifs is 4. The van der Waals surface area contributed by atoms with Gasteiger partial charge in [-0.15, -0.1) is 0 Å². The standard InChI is InChI=1S/C22H21N5O4/c23-9-19-24-21-26(10-13(20(28)29)11-27(21)25-19)22(30)31-12-18-16-7-3-1-5-14(16)15-6-2-4-8-17(15)18/h1-8,13,18H,9-12,23H2,(H,28,29). The van der Waals surface area contributed by atoms with Gasteiger partial charge in [0.15, 0.2) is 5.82 Å². The Balaban J connectivity index is 1.40. The van der Waals surface area contributed by atoms with Crippen molar-refractivity contribution in [1.82, 2.24) is 14.8 Å². The van der Waals surface area contributed by atoms with Gasteiger partial charge in [-0.3, -0.25) is 4.79 Å². The minimum Gasteiger partial charge on any atom is -0.481 e. The maximum atomic E-state index is 13.0. The Morgan fingerprint density at radius 2 is 1.71 bits per heavy atom. The molecule has 0 saturated carbocycles. The zero-order valence-electron chi connectivity index (χ0n) is 16.6. The highest BCUT2D eigenvalue weighted by Gasteiger charge is 2.37. The van der Waals surface area contributed by atoms with E-state index in [1.165, 1.54) is 9.58 Å². The highest BCUT2D eigenvalue weighted by atomic mass is 16.6. The fourth-order valence-corrected chi connectivity index (χ4v) is 4.34. The average Bonchev–Trinajstić information content (AvgIpc) is 3.35. The summed E-state index contributed by atoms with van der Waals surface area (Å²) in [6.45, 7) is 0.328.